The van der Waals surface area contributed by atoms with Crippen LogP contribution in [0.2, 0.25) is 0 Å². The van der Waals surface area contributed by atoms with Gasteiger partial charge in [0.1, 0.15) is 12.2 Å². The van der Waals surface area contributed by atoms with Crippen molar-refractivity contribution in [2.45, 2.75) is 30.2 Å². The zero-order valence-corrected chi connectivity index (χ0v) is 18.1. The average Bonchev–Trinajstić information content (AvgIpc) is 3.06. The Labute approximate surface area is 189 Å². The topological polar surface area (TPSA) is 176 Å². The Kier molecular flexibility index (Phi) is 6.67. The van der Waals surface area contributed by atoms with Crippen LogP contribution in [0.1, 0.15) is 11.3 Å². The van der Waals surface area contributed by atoms with Crippen molar-refractivity contribution in [3.05, 3.63) is 84.1 Å². The van der Waals surface area contributed by atoms with Gasteiger partial charge in [0.15, 0.2) is 0 Å². The number of nitrogens with one attached hydrogen (secondary N) is 1. The molecule has 13 nitrogen and oxygen atoms in total. The van der Waals surface area contributed by atoms with Crippen LogP contribution in [0.15, 0.2) is 52.3 Å². The predicted octanol–water partition coefficient (Wildman–Crippen LogP) is 4.01. The minimum Gasteiger partial charge on any atom is -0.358 e. The second kappa shape index (κ2) is 9.44. The number of nitro benzene ring substituents is 1. The van der Waals surface area contributed by atoms with Crippen LogP contribution in [0.3, 0.4) is 0 Å². The first-order valence-corrected chi connectivity index (χ1v) is 10.1. The van der Waals surface area contributed by atoms with Crippen molar-refractivity contribution in [1.29, 1.82) is 0 Å². The Morgan fingerprint density at radius 3 is 2.18 bits per heavy atom. The number of hydrogen-bond donors (Lipinski definition) is 1. The van der Waals surface area contributed by atoms with E-state index in [9.17, 15) is 35.1 Å². The first-order chi connectivity index (χ1) is 15.5. The fraction of sp³-hybridized carbons (Fsp3) is 0.158. The van der Waals surface area contributed by atoms with E-state index in [1.165, 1.54) is 30.8 Å². The van der Waals surface area contributed by atoms with Crippen molar-refractivity contribution in [1.82, 2.24) is 9.78 Å². The number of aryl methyl sites for hydroxylation is 1. The highest BCUT2D eigenvalue weighted by molar-refractivity contribution is 7.99. The van der Waals surface area contributed by atoms with E-state index < -0.39 is 38.7 Å². The van der Waals surface area contributed by atoms with E-state index in [1.807, 2.05) is 31.2 Å². The van der Waals surface area contributed by atoms with E-state index >= 15 is 0 Å². The van der Waals surface area contributed by atoms with Crippen molar-refractivity contribution >= 4 is 40.5 Å². The maximum absolute atomic E-state index is 12.5. The fourth-order valence-corrected chi connectivity index (χ4v) is 3.82. The molecule has 1 amide bonds. The first-order valence-electron chi connectivity index (χ1n) is 9.25. The number of non-ortho nitro benzene ring substituents is 1. The molecule has 0 aliphatic heterocycles. The molecule has 0 aliphatic carbocycles. The van der Waals surface area contributed by atoms with E-state index in [0.717, 1.165) is 21.2 Å². The molecule has 0 bridgehead atoms. The Bertz CT molecular complexity index is 1270. The molecule has 0 aliphatic rings. The molecule has 1 heterocycles. The summed E-state index contributed by atoms with van der Waals surface area (Å²) in [5, 5.41) is 39.5. The fourth-order valence-electron chi connectivity index (χ4n) is 2.91. The molecule has 1 N–H and O–H groups in total. The molecule has 0 spiro atoms. The van der Waals surface area contributed by atoms with Crippen LogP contribution in [0.4, 0.5) is 22.9 Å². The number of anilines is 1. The van der Waals surface area contributed by atoms with Crippen molar-refractivity contribution in [2.24, 2.45) is 0 Å². The van der Waals surface area contributed by atoms with E-state index in [2.05, 4.69) is 10.4 Å². The zero-order chi connectivity index (χ0) is 24.3. The third-order valence-corrected chi connectivity index (χ3v) is 5.43. The van der Waals surface area contributed by atoms with Crippen molar-refractivity contribution in [2.75, 3.05) is 5.32 Å². The van der Waals surface area contributed by atoms with Gasteiger partial charge in [-0.25, -0.2) is 0 Å². The number of aromatic nitrogens is 2. The third kappa shape index (κ3) is 5.48. The summed E-state index contributed by atoms with van der Waals surface area (Å²) in [6.07, 6.45) is 0. The Balaban J connectivity index is 1.84. The van der Waals surface area contributed by atoms with Gasteiger partial charge < -0.3 is 15.4 Å². The summed E-state index contributed by atoms with van der Waals surface area (Å²) in [7, 11) is 0. The minimum atomic E-state index is -1.01. The number of carbonyl (C=O) groups is 1. The number of nitro groups is 3. The molecular formula is C19H16N6O7S. The average molecular weight is 472 g/mol. The van der Waals surface area contributed by atoms with Gasteiger partial charge in [0.05, 0.1) is 14.9 Å². The smallest absolute Gasteiger partial charge is 0.358 e. The van der Waals surface area contributed by atoms with Crippen LogP contribution in [0.5, 0.6) is 0 Å². The van der Waals surface area contributed by atoms with Crippen molar-refractivity contribution in [3.8, 4) is 0 Å². The molecule has 33 heavy (non-hydrogen) atoms. The lowest BCUT2D eigenvalue weighted by molar-refractivity contribution is -0.424. The van der Waals surface area contributed by atoms with Crippen LogP contribution in [-0.4, -0.2) is 30.5 Å². The van der Waals surface area contributed by atoms with Gasteiger partial charge in [-0.2, -0.15) is 4.68 Å². The SMILES string of the molecule is Cc1ccc(Sc2cc(NC(=O)Cn3nc([N+](=O)[O-])c([N+](=O)[O-])c3C)cc([N+](=O)[O-])c2)cc1. The van der Waals surface area contributed by atoms with Crippen LogP contribution in [0.25, 0.3) is 0 Å². The number of rotatable bonds is 8. The number of amides is 1. The molecule has 170 valence electrons. The molecule has 0 saturated carbocycles. The van der Waals surface area contributed by atoms with Gasteiger partial charge in [0.2, 0.25) is 5.91 Å². The van der Waals surface area contributed by atoms with Gasteiger partial charge in [-0.15, -0.1) is 0 Å². The summed E-state index contributed by atoms with van der Waals surface area (Å²) in [5.74, 6) is -1.70. The van der Waals surface area contributed by atoms with Crippen LogP contribution in [0, 0.1) is 44.2 Å². The quantitative estimate of drug-likeness (QED) is 0.374. The molecule has 0 atom stereocenters. The number of carbonyl (C=O) groups excluding carboxylic acids is 1. The Morgan fingerprint density at radius 2 is 1.64 bits per heavy atom. The zero-order valence-electron chi connectivity index (χ0n) is 17.3. The Hall–Kier alpha value is -4.33. The van der Waals surface area contributed by atoms with Crippen LogP contribution in [-0.2, 0) is 11.3 Å². The normalized spacial score (nSPS) is 10.6. The van der Waals surface area contributed by atoms with Gasteiger partial charge >= 0.3 is 11.5 Å². The van der Waals surface area contributed by atoms with Crippen molar-refractivity contribution < 1.29 is 19.6 Å². The summed E-state index contributed by atoms with van der Waals surface area (Å²) in [6.45, 7) is 2.60. The lowest BCUT2D eigenvalue weighted by Crippen LogP contribution is -2.20. The highest BCUT2D eigenvalue weighted by Crippen LogP contribution is 2.33. The van der Waals surface area contributed by atoms with Gasteiger partial charge in [-0.1, -0.05) is 29.5 Å². The van der Waals surface area contributed by atoms with Gasteiger partial charge in [-0.05, 0) is 37.0 Å². The molecule has 0 saturated heterocycles. The number of benzene rings is 2. The molecule has 0 fully saturated rings. The van der Waals surface area contributed by atoms with Crippen LogP contribution < -0.4 is 5.32 Å². The molecule has 3 rings (SSSR count). The molecule has 1 aromatic heterocycles. The first kappa shape index (κ1) is 23.3. The highest BCUT2D eigenvalue weighted by Gasteiger charge is 2.35. The second-order valence-corrected chi connectivity index (χ2v) is 8.01. The summed E-state index contributed by atoms with van der Waals surface area (Å²) in [4.78, 5) is 44.8. The third-order valence-electron chi connectivity index (χ3n) is 4.45. The lowest BCUT2D eigenvalue weighted by atomic mass is 10.2. The molecule has 3 aromatic rings. The maximum atomic E-state index is 12.5. The van der Waals surface area contributed by atoms with E-state index in [4.69, 9.17) is 0 Å². The van der Waals surface area contributed by atoms with E-state index in [1.54, 1.807) is 0 Å². The monoisotopic (exact) mass is 472 g/mol. The summed E-state index contributed by atoms with van der Waals surface area (Å²) >= 11 is 1.26. The highest BCUT2D eigenvalue weighted by atomic mass is 32.2. The molecule has 0 radical (unpaired) electrons. The minimum absolute atomic E-state index is 0.123. The van der Waals surface area contributed by atoms with Gasteiger partial charge in [-0.3, -0.25) is 25.0 Å². The predicted molar refractivity (Wildman–Crippen MR) is 117 cm³/mol. The maximum Gasteiger partial charge on any atom is 0.468 e. The van der Waals surface area contributed by atoms with E-state index in [-0.39, 0.29) is 17.1 Å². The summed E-state index contributed by atoms with van der Waals surface area (Å²) in [6, 6.07) is 11.6. The number of nitrogens with zero attached hydrogens (tertiary/aromatic N) is 5. The van der Waals surface area contributed by atoms with Gasteiger partial charge in [0.25, 0.3) is 5.69 Å². The van der Waals surface area contributed by atoms with Crippen LogP contribution >= 0.6 is 11.8 Å². The Morgan fingerprint density at radius 1 is 0.970 bits per heavy atom. The molecule has 2 aromatic carbocycles. The molecular weight excluding hydrogens is 456 g/mol. The number of hydrogen-bond acceptors (Lipinski definition) is 9. The van der Waals surface area contributed by atoms with Crippen molar-refractivity contribution in [3.63, 3.8) is 0 Å². The summed E-state index contributed by atoms with van der Waals surface area (Å²) in [5.41, 5.74) is -0.0428. The lowest BCUT2D eigenvalue weighted by Gasteiger charge is -2.08. The van der Waals surface area contributed by atoms with E-state index in [0.29, 0.717) is 4.90 Å². The standard InChI is InChI=1S/C19H16N6O7S/c1-11-3-5-15(6-4-11)33-16-8-13(7-14(9-16)23(27)28)20-17(26)10-22-12(2)18(24(29)30)19(21-22)25(31)32/h3-9H,10H2,1-2H3,(H,20,26). The van der Waals surface area contributed by atoms with Gasteiger partial charge in [0, 0.05) is 27.6 Å². The second-order valence-electron chi connectivity index (χ2n) is 6.87. The molecule has 14 heteroatoms. The summed E-state index contributed by atoms with van der Waals surface area (Å²) < 4.78 is 0.838. The molecule has 0 unspecified atom stereocenters. The largest absolute Gasteiger partial charge is 0.468 e.